The Kier molecular flexibility index (Phi) is 3.32. The van der Waals surface area contributed by atoms with Crippen LogP contribution in [0.4, 0.5) is 5.69 Å². The summed E-state index contributed by atoms with van der Waals surface area (Å²) in [6.07, 6.45) is 2.63. The first kappa shape index (κ1) is 11.0. The second-order valence-corrected chi connectivity index (χ2v) is 5.36. The lowest BCUT2D eigenvalue weighted by Crippen LogP contribution is -2.39. The molecule has 82 valence electrons. The van der Waals surface area contributed by atoms with Gasteiger partial charge in [-0.2, -0.15) is 0 Å². The fourth-order valence-electron chi connectivity index (χ4n) is 2.01. The van der Waals surface area contributed by atoms with Gasteiger partial charge in [-0.05, 0) is 52.4 Å². The Morgan fingerprint density at radius 2 is 2.20 bits per heavy atom. The van der Waals surface area contributed by atoms with Crippen molar-refractivity contribution in [1.82, 2.24) is 5.32 Å². The minimum absolute atomic E-state index is 0.719. The molecule has 2 nitrogen and oxygen atoms in total. The average Bonchev–Trinajstić information content (AvgIpc) is 2.16. The Morgan fingerprint density at radius 1 is 1.47 bits per heavy atom. The van der Waals surface area contributed by atoms with Crippen molar-refractivity contribution >= 4 is 21.6 Å². The maximum absolute atomic E-state index is 5.73. The Balaban J connectivity index is 1.86. The van der Waals surface area contributed by atoms with E-state index in [2.05, 4.69) is 40.3 Å². The van der Waals surface area contributed by atoms with Crippen molar-refractivity contribution in [2.75, 3.05) is 5.73 Å². The third-order valence-electron chi connectivity index (χ3n) is 3.03. The van der Waals surface area contributed by atoms with Crippen LogP contribution in [-0.2, 0) is 6.54 Å². The minimum atomic E-state index is 0.719. The largest absolute Gasteiger partial charge is 0.398 e. The summed E-state index contributed by atoms with van der Waals surface area (Å²) in [4.78, 5) is 0. The molecule has 1 aliphatic carbocycles. The van der Waals surface area contributed by atoms with Gasteiger partial charge in [0.1, 0.15) is 0 Å². The fraction of sp³-hybridized carbons (Fsp3) is 0.500. The van der Waals surface area contributed by atoms with E-state index in [0.717, 1.165) is 28.7 Å². The van der Waals surface area contributed by atoms with Crippen LogP contribution in [0.1, 0.15) is 25.3 Å². The van der Waals surface area contributed by atoms with Gasteiger partial charge < -0.3 is 11.1 Å². The van der Waals surface area contributed by atoms with E-state index >= 15 is 0 Å². The predicted molar refractivity (Wildman–Crippen MR) is 67.6 cm³/mol. The molecule has 0 aliphatic heterocycles. The SMILES string of the molecule is CC1CC(NCc2ccc(N)c(Br)c2)C1. The maximum atomic E-state index is 5.73. The van der Waals surface area contributed by atoms with Crippen molar-refractivity contribution in [1.29, 1.82) is 0 Å². The molecule has 0 bridgehead atoms. The van der Waals surface area contributed by atoms with Gasteiger partial charge >= 0.3 is 0 Å². The number of halogens is 1. The van der Waals surface area contributed by atoms with Crippen LogP contribution in [0, 0.1) is 5.92 Å². The molecule has 1 aliphatic rings. The number of nitrogen functional groups attached to an aromatic ring is 1. The highest BCUT2D eigenvalue weighted by atomic mass is 79.9. The number of rotatable bonds is 3. The second-order valence-electron chi connectivity index (χ2n) is 4.51. The zero-order chi connectivity index (χ0) is 10.8. The molecule has 0 spiro atoms. The van der Waals surface area contributed by atoms with Crippen LogP contribution in [-0.4, -0.2) is 6.04 Å². The molecule has 1 fully saturated rings. The molecule has 0 atom stereocenters. The van der Waals surface area contributed by atoms with Crippen molar-refractivity contribution < 1.29 is 0 Å². The van der Waals surface area contributed by atoms with Crippen molar-refractivity contribution in [3.63, 3.8) is 0 Å². The molecule has 0 saturated heterocycles. The number of nitrogens with two attached hydrogens (primary N) is 1. The van der Waals surface area contributed by atoms with Crippen LogP contribution in [0.5, 0.6) is 0 Å². The molecule has 1 aromatic rings. The van der Waals surface area contributed by atoms with Gasteiger partial charge in [0.25, 0.3) is 0 Å². The third-order valence-corrected chi connectivity index (χ3v) is 3.72. The summed E-state index contributed by atoms with van der Waals surface area (Å²) in [5, 5.41) is 3.55. The van der Waals surface area contributed by atoms with E-state index in [9.17, 15) is 0 Å². The van der Waals surface area contributed by atoms with Gasteiger partial charge in [-0.25, -0.2) is 0 Å². The molecular weight excluding hydrogens is 252 g/mol. The molecule has 2 rings (SSSR count). The van der Waals surface area contributed by atoms with Crippen LogP contribution in [0.2, 0.25) is 0 Å². The lowest BCUT2D eigenvalue weighted by Gasteiger charge is -2.33. The van der Waals surface area contributed by atoms with E-state index < -0.39 is 0 Å². The Labute approximate surface area is 99.4 Å². The van der Waals surface area contributed by atoms with Gasteiger partial charge in [0.05, 0.1) is 0 Å². The molecule has 0 amide bonds. The quantitative estimate of drug-likeness (QED) is 0.828. The summed E-state index contributed by atoms with van der Waals surface area (Å²) in [5.41, 5.74) is 7.82. The summed E-state index contributed by atoms with van der Waals surface area (Å²) >= 11 is 3.44. The lowest BCUT2D eigenvalue weighted by atomic mass is 9.82. The van der Waals surface area contributed by atoms with Crippen LogP contribution in [0.25, 0.3) is 0 Å². The van der Waals surface area contributed by atoms with E-state index in [1.54, 1.807) is 0 Å². The summed E-state index contributed by atoms with van der Waals surface area (Å²) < 4.78 is 0.990. The molecule has 3 heteroatoms. The molecule has 1 saturated carbocycles. The van der Waals surface area contributed by atoms with Crippen LogP contribution >= 0.6 is 15.9 Å². The standard InChI is InChI=1S/C12H17BrN2/c1-8-4-10(5-8)15-7-9-2-3-12(14)11(13)6-9/h2-3,6,8,10,15H,4-5,7,14H2,1H3. The fourth-order valence-corrected chi connectivity index (χ4v) is 2.44. The smallest absolute Gasteiger partial charge is 0.0458 e. The summed E-state index contributed by atoms with van der Waals surface area (Å²) in [5.74, 6) is 0.903. The van der Waals surface area contributed by atoms with E-state index in [0.29, 0.717) is 0 Å². The van der Waals surface area contributed by atoms with Gasteiger partial charge in [-0.1, -0.05) is 13.0 Å². The highest BCUT2D eigenvalue weighted by Gasteiger charge is 2.24. The summed E-state index contributed by atoms with van der Waals surface area (Å²) in [7, 11) is 0. The van der Waals surface area contributed by atoms with E-state index in [1.165, 1.54) is 18.4 Å². The van der Waals surface area contributed by atoms with Crippen molar-refractivity contribution in [2.24, 2.45) is 5.92 Å². The number of hydrogen-bond acceptors (Lipinski definition) is 2. The molecule has 15 heavy (non-hydrogen) atoms. The normalized spacial score (nSPS) is 24.9. The van der Waals surface area contributed by atoms with E-state index in [1.807, 2.05) is 6.07 Å². The highest BCUT2D eigenvalue weighted by molar-refractivity contribution is 9.10. The zero-order valence-corrected chi connectivity index (χ0v) is 10.5. The third kappa shape index (κ3) is 2.73. The summed E-state index contributed by atoms with van der Waals surface area (Å²) in [6, 6.07) is 6.83. The van der Waals surface area contributed by atoms with E-state index in [4.69, 9.17) is 5.73 Å². The van der Waals surface area contributed by atoms with Gasteiger partial charge in [-0.3, -0.25) is 0 Å². The minimum Gasteiger partial charge on any atom is -0.398 e. The number of hydrogen-bond donors (Lipinski definition) is 2. The van der Waals surface area contributed by atoms with Crippen LogP contribution in [0.3, 0.4) is 0 Å². The maximum Gasteiger partial charge on any atom is 0.0458 e. The Bertz CT molecular complexity index is 345. The average molecular weight is 269 g/mol. The number of anilines is 1. The number of benzene rings is 1. The Hall–Kier alpha value is -0.540. The lowest BCUT2D eigenvalue weighted by molar-refractivity contribution is 0.240. The van der Waals surface area contributed by atoms with Gasteiger partial charge in [0, 0.05) is 22.7 Å². The van der Waals surface area contributed by atoms with Crippen LogP contribution in [0.15, 0.2) is 22.7 Å². The summed E-state index contributed by atoms with van der Waals surface area (Å²) in [6.45, 7) is 3.24. The molecule has 1 aromatic carbocycles. The first-order chi connectivity index (χ1) is 7.15. The number of nitrogens with one attached hydrogen (secondary N) is 1. The zero-order valence-electron chi connectivity index (χ0n) is 8.96. The highest BCUT2D eigenvalue weighted by Crippen LogP contribution is 2.27. The second kappa shape index (κ2) is 4.54. The predicted octanol–water partition coefficient (Wildman–Crippen LogP) is 2.92. The molecular formula is C12H17BrN2. The molecule has 0 heterocycles. The van der Waals surface area contributed by atoms with Crippen molar-refractivity contribution in [2.45, 2.75) is 32.4 Å². The van der Waals surface area contributed by atoms with Crippen molar-refractivity contribution in [3.8, 4) is 0 Å². The van der Waals surface area contributed by atoms with Crippen molar-refractivity contribution in [3.05, 3.63) is 28.2 Å². The van der Waals surface area contributed by atoms with Gasteiger partial charge in [-0.15, -0.1) is 0 Å². The Morgan fingerprint density at radius 3 is 2.80 bits per heavy atom. The monoisotopic (exact) mass is 268 g/mol. The molecule has 3 N–H and O–H groups in total. The molecule has 0 aromatic heterocycles. The first-order valence-electron chi connectivity index (χ1n) is 5.42. The molecule has 0 radical (unpaired) electrons. The van der Waals surface area contributed by atoms with E-state index in [-0.39, 0.29) is 0 Å². The van der Waals surface area contributed by atoms with Gasteiger partial charge in [0.2, 0.25) is 0 Å². The van der Waals surface area contributed by atoms with Gasteiger partial charge in [0.15, 0.2) is 0 Å². The first-order valence-corrected chi connectivity index (χ1v) is 6.21. The van der Waals surface area contributed by atoms with Crippen LogP contribution < -0.4 is 11.1 Å². The topological polar surface area (TPSA) is 38.0 Å². The molecule has 0 unspecified atom stereocenters.